The fraction of sp³-hybridized carbons (Fsp3) is 0.0909. The number of hydrogen-bond acceptors (Lipinski definition) is 5. The zero-order valence-corrected chi connectivity index (χ0v) is 17.8. The van der Waals surface area contributed by atoms with Crippen molar-refractivity contribution in [3.8, 4) is 0 Å². The van der Waals surface area contributed by atoms with Gasteiger partial charge in [0, 0.05) is 21.7 Å². The van der Waals surface area contributed by atoms with Gasteiger partial charge in [0.05, 0.1) is 28.8 Å². The summed E-state index contributed by atoms with van der Waals surface area (Å²) in [5, 5.41) is 4.51. The third-order valence-corrected chi connectivity index (χ3v) is 5.27. The number of carbonyl (C=O) groups excluding carboxylic acids is 2. The second-order valence-electron chi connectivity index (χ2n) is 6.56. The van der Waals surface area contributed by atoms with Gasteiger partial charge in [-0.3, -0.25) is 14.8 Å². The molecule has 0 unspecified atom stereocenters. The van der Waals surface area contributed by atoms with Crippen LogP contribution >= 0.6 is 11.8 Å². The van der Waals surface area contributed by atoms with Crippen LogP contribution in [0.4, 0.5) is 39.4 Å². The van der Waals surface area contributed by atoms with Crippen LogP contribution in [0.3, 0.4) is 0 Å². The minimum Gasteiger partial charge on any atom is -0.308 e. The van der Waals surface area contributed by atoms with Crippen molar-refractivity contribution in [2.75, 3.05) is 10.6 Å². The lowest BCUT2D eigenvalue weighted by molar-refractivity contribution is -0.137. The molecule has 0 fully saturated rings. The number of aryl methyl sites for hydroxylation is 1. The first kappa shape index (κ1) is 23.9. The van der Waals surface area contributed by atoms with Gasteiger partial charge >= 0.3 is 12.2 Å². The van der Waals surface area contributed by atoms with Gasteiger partial charge in [0.25, 0.3) is 0 Å². The smallest absolute Gasteiger partial charge is 0.308 e. The number of rotatable bonds is 6. The molecule has 0 atom stereocenters. The first-order valence-corrected chi connectivity index (χ1v) is 10.1. The Morgan fingerprint density at radius 1 is 1.09 bits per heavy atom. The maximum atomic E-state index is 13.8. The highest BCUT2D eigenvalue weighted by Gasteiger charge is 2.31. The molecule has 1 aromatic heterocycles. The van der Waals surface area contributed by atoms with Crippen molar-refractivity contribution in [2.24, 2.45) is 4.99 Å². The fourth-order valence-electron chi connectivity index (χ4n) is 2.69. The summed E-state index contributed by atoms with van der Waals surface area (Å²) in [4.78, 5) is 32.5. The Hall–Kier alpha value is -3.73. The molecule has 0 spiro atoms. The van der Waals surface area contributed by atoms with Gasteiger partial charge in [-0.2, -0.15) is 13.2 Å². The molecular weight excluding hydrogens is 460 g/mol. The van der Waals surface area contributed by atoms with Crippen molar-refractivity contribution in [1.82, 2.24) is 4.98 Å². The van der Waals surface area contributed by atoms with Crippen LogP contribution in [0.25, 0.3) is 0 Å². The summed E-state index contributed by atoms with van der Waals surface area (Å²) < 4.78 is 52.2. The van der Waals surface area contributed by atoms with Crippen LogP contribution in [0.2, 0.25) is 0 Å². The number of carbonyl (C=O) groups is 2. The predicted molar refractivity (Wildman–Crippen MR) is 118 cm³/mol. The Labute approximate surface area is 190 Å². The van der Waals surface area contributed by atoms with Gasteiger partial charge in [0.2, 0.25) is 0 Å². The number of hydrogen-bond donors (Lipinski definition) is 2. The van der Waals surface area contributed by atoms with E-state index < -0.39 is 29.3 Å². The second-order valence-corrected chi connectivity index (χ2v) is 7.67. The standard InChI is InChI=1S/C22H16F4N4O2S/c1-13-20(28-10-11-31)19(8-9-27-13)33-16-5-3-15(4-6-16)29-21(32)30-18-12-14(22(24,25)26)2-7-17(18)23/h2-12H,1H3,(H2,29,30,32)/b28-10-. The molecule has 0 aliphatic rings. The Balaban J connectivity index is 1.69. The Morgan fingerprint density at radius 2 is 1.82 bits per heavy atom. The molecule has 0 saturated carbocycles. The molecule has 0 bridgehead atoms. The van der Waals surface area contributed by atoms with E-state index >= 15 is 0 Å². The highest BCUT2D eigenvalue weighted by atomic mass is 32.2. The van der Waals surface area contributed by atoms with Gasteiger partial charge in [-0.25, -0.2) is 9.18 Å². The zero-order valence-electron chi connectivity index (χ0n) is 17.0. The molecule has 0 aliphatic carbocycles. The number of aldehydes is 1. The second kappa shape index (κ2) is 10.3. The number of anilines is 2. The van der Waals surface area contributed by atoms with Crippen molar-refractivity contribution in [2.45, 2.75) is 22.9 Å². The molecule has 33 heavy (non-hydrogen) atoms. The van der Waals surface area contributed by atoms with Crippen LogP contribution in [-0.4, -0.2) is 23.5 Å². The number of benzene rings is 2. The van der Waals surface area contributed by atoms with Crippen LogP contribution in [0.5, 0.6) is 0 Å². The van der Waals surface area contributed by atoms with Crippen molar-refractivity contribution in [3.63, 3.8) is 0 Å². The quantitative estimate of drug-likeness (QED) is 0.250. The fourth-order valence-corrected chi connectivity index (χ4v) is 3.65. The number of aromatic nitrogens is 1. The number of amides is 2. The van der Waals surface area contributed by atoms with E-state index in [9.17, 15) is 27.2 Å². The minimum atomic E-state index is -4.67. The number of halogens is 4. The molecular formula is C22H16F4N4O2S. The van der Waals surface area contributed by atoms with Crippen molar-refractivity contribution in [3.05, 3.63) is 71.8 Å². The number of pyridine rings is 1. The topological polar surface area (TPSA) is 83.4 Å². The molecule has 0 saturated heterocycles. The van der Waals surface area contributed by atoms with E-state index in [1.54, 1.807) is 43.5 Å². The number of nitrogens with one attached hydrogen (secondary N) is 2. The number of aliphatic imine (C=N–C) groups is 1. The van der Waals surface area contributed by atoms with Crippen LogP contribution in [0.15, 0.2) is 69.5 Å². The summed E-state index contributed by atoms with van der Waals surface area (Å²) in [6.07, 6.45) is -1.35. The van der Waals surface area contributed by atoms with Gasteiger partial charge in [0.1, 0.15) is 5.82 Å². The molecule has 2 aromatic carbocycles. The molecule has 2 N–H and O–H groups in total. The van der Waals surface area contributed by atoms with E-state index in [1.807, 2.05) is 0 Å². The van der Waals surface area contributed by atoms with Crippen LogP contribution in [-0.2, 0) is 11.0 Å². The molecule has 3 aromatic rings. The first-order valence-electron chi connectivity index (χ1n) is 9.33. The maximum absolute atomic E-state index is 13.8. The highest BCUT2D eigenvalue weighted by molar-refractivity contribution is 7.99. The van der Waals surface area contributed by atoms with Crippen molar-refractivity contribution < 1.29 is 27.2 Å². The van der Waals surface area contributed by atoms with E-state index in [2.05, 4.69) is 20.6 Å². The average Bonchev–Trinajstić information content (AvgIpc) is 2.75. The molecule has 170 valence electrons. The Bertz CT molecular complexity index is 1200. The normalized spacial score (nSPS) is 11.4. The van der Waals surface area contributed by atoms with E-state index in [1.165, 1.54) is 11.8 Å². The third kappa shape index (κ3) is 6.39. The lowest BCUT2D eigenvalue weighted by Crippen LogP contribution is -2.20. The lowest BCUT2D eigenvalue weighted by atomic mass is 10.2. The van der Waals surface area contributed by atoms with Crippen molar-refractivity contribution >= 4 is 47.4 Å². The van der Waals surface area contributed by atoms with Crippen LogP contribution in [0.1, 0.15) is 11.3 Å². The Kier molecular flexibility index (Phi) is 7.44. The molecule has 1 heterocycles. The average molecular weight is 476 g/mol. The summed E-state index contributed by atoms with van der Waals surface area (Å²) in [5.41, 5.74) is -0.127. The van der Waals surface area contributed by atoms with E-state index in [0.29, 0.717) is 41.6 Å². The van der Waals surface area contributed by atoms with E-state index in [4.69, 9.17) is 0 Å². The molecule has 0 aliphatic heterocycles. The molecule has 6 nitrogen and oxygen atoms in total. The highest BCUT2D eigenvalue weighted by Crippen LogP contribution is 2.36. The summed E-state index contributed by atoms with van der Waals surface area (Å²) in [7, 11) is 0. The van der Waals surface area contributed by atoms with Gasteiger partial charge < -0.3 is 10.6 Å². The van der Waals surface area contributed by atoms with E-state index in [-0.39, 0.29) is 0 Å². The van der Waals surface area contributed by atoms with Crippen LogP contribution in [0, 0.1) is 12.7 Å². The third-order valence-electron chi connectivity index (χ3n) is 4.22. The number of urea groups is 1. The maximum Gasteiger partial charge on any atom is 0.416 e. The summed E-state index contributed by atoms with van der Waals surface area (Å²) in [6, 6.07) is 9.16. The van der Waals surface area contributed by atoms with Crippen molar-refractivity contribution in [1.29, 1.82) is 0 Å². The minimum absolute atomic E-state index is 0.342. The molecule has 3 rings (SSSR count). The zero-order chi connectivity index (χ0) is 24.0. The molecule has 2 amide bonds. The summed E-state index contributed by atoms with van der Waals surface area (Å²) >= 11 is 1.36. The first-order chi connectivity index (χ1) is 15.7. The lowest BCUT2D eigenvalue weighted by Gasteiger charge is -2.12. The van der Waals surface area contributed by atoms with Gasteiger partial charge in [-0.1, -0.05) is 11.8 Å². The SMILES string of the molecule is Cc1nccc(Sc2ccc(NC(=O)Nc3cc(C(F)(F)F)ccc3F)cc2)c1/N=C\C=O. The summed E-state index contributed by atoms with van der Waals surface area (Å²) in [5.74, 6) is -0.995. The van der Waals surface area contributed by atoms with Crippen LogP contribution < -0.4 is 10.6 Å². The van der Waals surface area contributed by atoms with Gasteiger partial charge in [0.15, 0.2) is 6.29 Å². The number of nitrogens with zero attached hydrogens (tertiary/aromatic N) is 2. The monoisotopic (exact) mass is 476 g/mol. The number of alkyl halides is 3. The van der Waals surface area contributed by atoms with E-state index in [0.717, 1.165) is 16.0 Å². The largest absolute Gasteiger partial charge is 0.416 e. The molecule has 11 heteroatoms. The Morgan fingerprint density at radius 3 is 2.48 bits per heavy atom. The summed E-state index contributed by atoms with van der Waals surface area (Å²) in [6.45, 7) is 1.76. The molecule has 0 radical (unpaired) electrons. The predicted octanol–water partition coefficient (Wildman–Crippen LogP) is 6.24. The van der Waals surface area contributed by atoms with Gasteiger partial charge in [-0.05, 0) is 55.5 Å². The van der Waals surface area contributed by atoms with Gasteiger partial charge in [-0.15, -0.1) is 0 Å².